The number of amidine groups is 1. The van der Waals surface area contributed by atoms with Crippen LogP contribution in [0.3, 0.4) is 0 Å². The molecule has 3 rings (SSSR count). The second kappa shape index (κ2) is 6.59. The molecule has 2 aliphatic rings. The fraction of sp³-hybridized carbons (Fsp3) is 0.400. The average molecular weight is 326 g/mol. The van der Waals surface area contributed by atoms with Gasteiger partial charge in [-0.2, -0.15) is 13.2 Å². The number of halogens is 3. The van der Waals surface area contributed by atoms with Crippen molar-refractivity contribution in [3.05, 3.63) is 42.1 Å². The molecule has 0 spiro atoms. The van der Waals surface area contributed by atoms with Crippen LogP contribution in [0, 0.1) is 0 Å². The number of aliphatic imine (C=N–C) groups is 1. The van der Waals surface area contributed by atoms with E-state index in [0.717, 1.165) is 18.7 Å². The van der Waals surface area contributed by atoms with E-state index in [1.165, 1.54) is 12.3 Å². The summed E-state index contributed by atoms with van der Waals surface area (Å²) in [6, 6.07) is 7.43. The topological polar surface area (TPSA) is 57.7 Å². The van der Waals surface area contributed by atoms with Crippen LogP contribution in [0.2, 0.25) is 0 Å². The summed E-state index contributed by atoms with van der Waals surface area (Å²) in [5.41, 5.74) is 1.72. The molecule has 2 heterocycles. The van der Waals surface area contributed by atoms with Crippen molar-refractivity contribution in [2.24, 2.45) is 4.99 Å². The van der Waals surface area contributed by atoms with Crippen LogP contribution in [0.1, 0.15) is 11.7 Å². The van der Waals surface area contributed by atoms with Gasteiger partial charge in [-0.1, -0.05) is 12.1 Å². The number of ether oxygens (including phenoxy) is 1. The van der Waals surface area contributed by atoms with E-state index in [-0.39, 0.29) is 6.10 Å². The molecule has 0 aliphatic carbocycles. The lowest BCUT2D eigenvalue weighted by Gasteiger charge is -2.24. The highest BCUT2D eigenvalue weighted by atomic mass is 19.4. The molecule has 2 unspecified atom stereocenters. The zero-order valence-electron chi connectivity index (χ0n) is 12.2. The number of nitrogens with one attached hydrogen (secondary N) is 3. The van der Waals surface area contributed by atoms with Crippen LogP contribution in [-0.4, -0.2) is 37.9 Å². The van der Waals surface area contributed by atoms with Crippen LogP contribution in [0.25, 0.3) is 0 Å². The number of alkyl halides is 3. The second-order valence-electron chi connectivity index (χ2n) is 5.25. The Morgan fingerprint density at radius 3 is 2.65 bits per heavy atom. The number of benzene rings is 1. The normalized spacial score (nSPS) is 24.7. The third-order valence-corrected chi connectivity index (χ3v) is 3.56. The van der Waals surface area contributed by atoms with Crippen LogP contribution in [0.5, 0.6) is 0 Å². The van der Waals surface area contributed by atoms with E-state index in [1.807, 2.05) is 24.3 Å². The van der Waals surface area contributed by atoms with Crippen LogP contribution < -0.4 is 16.0 Å². The van der Waals surface area contributed by atoms with Gasteiger partial charge in [-0.05, 0) is 23.8 Å². The highest BCUT2D eigenvalue weighted by Gasteiger charge is 2.37. The lowest BCUT2D eigenvalue weighted by Crippen LogP contribution is -2.38. The van der Waals surface area contributed by atoms with E-state index in [0.29, 0.717) is 12.3 Å². The minimum absolute atomic E-state index is 0.00595. The monoisotopic (exact) mass is 326 g/mol. The van der Waals surface area contributed by atoms with Gasteiger partial charge < -0.3 is 20.7 Å². The Morgan fingerprint density at radius 2 is 2.00 bits per heavy atom. The average Bonchev–Trinajstić information content (AvgIpc) is 2.56. The SMILES string of the molecule is FC(F)(F)C1=NC(Nc2ccc(C3CNCCO3)cc2)C=CN1. The maximum atomic E-state index is 12.6. The molecule has 3 N–H and O–H groups in total. The first kappa shape index (κ1) is 15.8. The van der Waals surface area contributed by atoms with Crippen molar-refractivity contribution in [2.45, 2.75) is 18.4 Å². The molecule has 1 aromatic rings. The van der Waals surface area contributed by atoms with Gasteiger partial charge in [0.15, 0.2) is 0 Å². The summed E-state index contributed by atoms with van der Waals surface area (Å²) in [5, 5.41) is 8.30. The maximum Gasteiger partial charge on any atom is 0.449 e. The van der Waals surface area contributed by atoms with E-state index in [1.54, 1.807) is 0 Å². The van der Waals surface area contributed by atoms with Crippen LogP contribution in [-0.2, 0) is 4.74 Å². The molecule has 124 valence electrons. The van der Waals surface area contributed by atoms with Gasteiger partial charge in [-0.15, -0.1) is 0 Å². The molecule has 5 nitrogen and oxygen atoms in total. The maximum absolute atomic E-state index is 12.6. The van der Waals surface area contributed by atoms with Crippen LogP contribution >= 0.6 is 0 Å². The van der Waals surface area contributed by atoms with Gasteiger partial charge in [0, 0.05) is 25.0 Å². The molecular weight excluding hydrogens is 309 g/mol. The third kappa shape index (κ3) is 4.02. The summed E-state index contributed by atoms with van der Waals surface area (Å²) < 4.78 is 43.6. The molecule has 1 saturated heterocycles. The Balaban J connectivity index is 1.65. The first-order valence-electron chi connectivity index (χ1n) is 7.29. The van der Waals surface area contributed by atoms with Crippen LogP contribution in [0.15, 0.2) is 41.5 Å². The van der Waals surface area contributed by atoms with Gasteiger partial charge in [0.1, 0.15) is 6.17 Å². The molecular formula is C15H17F3N4O. The molecule has 23 heavy (non-hydrogen) atoms. The van der Waals surface area contributed by atoms with E-state index in [4.69, 9.17) is 4.74 Å². The molecule has 8 heteroatoms. The minimum Gasteiger partial charge on any atom is -0.371 e. The van der Waals surface area contributed by atoms with Crippen molar-refractivity contribution in [3.8, 4) is 0 Å². The molecule has 0 saturated carbocycles. The molecule has 0 aromatic heterocycles. The summed E-state index contributed by atoms with van der Waals surface area (Å²) in [6.45, 7) is 2.26. The van der Waals surface area contributed by atoms with Crippen molar-refractivity contribution in [1.82, 2.24) is 10.6 Å². The third-order valence-electron chi connectivity index (χ3n) is 3.56. The Bertz CT molecular complexity index is 592. The standard InChI is InChI=1S/C15H17F3N4O/c16-15(17,18)14-20-6-5-13(22-14)21-11-3-1-10(2-4-11)12-9-19-7-8-23-12/h1-6,12-13,19,21H,7-9H2,(H,20,22). The summed E-state index contributed by atoms with van der Waals surface area (Å²) in [5.74, 6) is -1.00. The van der Waals surface area contributed by atoms with Crippen molar-refractivity contribution >= 4 is 11.5 Å². The smallest absolute Gasteiger partial charge is 0.371 e. The molecule has 0 bridgehead atoms. The van der Waals surface area contributed by atoms with E-state index < -0.39 is 18.2 Å². The lowest BCUT2D eigenvalue weighted by atomic mass is 10.1. The highest BCUT2D eigenvalue weighted by molar-refractivity contribution is 5.89. The number of hydrogen-bond donors (Lipinski definition) is 3. The Hall–Kier alpha value is -2.06. The number of hydrogen-bond acceptors (Lipinski definition) is 5. The fourth-order valence-corrected chi connectivity index (χ4v) is 2.42. The first-order chi connectivity index (χ1) is 11.0. The largest absolute Gasteiger partial charge is 0.449 e. The molecule has 2 aliphatic heterocycles. The Kier molecular flexibility index (Phi) is 4.53. The predicted molar refractivity (Wildman–Crippen MR) is 81.2 cm³/mol. The van der Waals surface area contributed by atoms with Crippen molar-refractivity contribution in [1.29, 1.82) is 0 Å². The number of anilines is 1. The summed E-state index contributed by atoms with van der Waals surface area (Å²) in [7, 11) is 0. The zero-order chi connectivity index (χ0) is 16.3. The van der Waals surface area contributed by atoms with Crippen molar-refractivity contribution < 1.29 is 17.9 Å². The highest BCUT2D eigenvalue weighted by Crippen LogP contribution is 2.22. The van der Waals surface area contributed by atoms with Gasteiger partial charge >= 0.3 is 6.18 Å². The van der Waals surface area contributed by atoms with Crippen molar-refractivity contribution in [2.75, 3.05) is 25.0 Å². The van der Waals surface area contributed by atoms with Gasteiger partial charge in [0.25, 0.3) is 0 Å². The second-order valence-corrected chi connectivity index (χ2v) is 5.25. The lowest BCUT2D eigenvalue weighted by molar-refractivity contribution is -0.0616. The molecule has 0 amide bonds. The van der Waals surface area contributed by atoms with Crippen LogP contribution in [0.4, 0.5) is 18.9 Å². The zero-order valence-corrected chi connectivity index (χ0v) is 12.2. The van der Waals surface area contributed by atoms with E-state index in [2.05, 4.69) is 20.9 Å². The predicted octanol–water partition coefficient (Wildman–Crippen LogP) is 2.16. The molecule has 2 atom stereocenters. The van der Waals surface area contributed by atoms with Gasteiger partial charge in [-0.25, -0.2) is 4.99 Å². The van der Waals surface area contributed by atoms with Gasteiger partial charge in [0.05, 0.1) is 12.7 Å². The van der Waals surface area contributed by atoms with E-state index in [9.17, 15) is 13.2 Å². The Morgan fingerprint density at radius 1 is 1.22 bits per heavy atom. The number of morpholine rings is 1. The van der Waals surface area contributed by atoms with Crippen molar-refractivity contribution in [3.63, 3.8) is 0 Å². The van der Waals surface area contributed by atoms with E-state index >= 15 is 0 Å². The Labute approximate surface area is 131 Å². The number of rotatable bonds is 3. The summed E-state index contributed by atoms with van der Waals surface area (Å²) in [6.07, 6.45) is -2.47. The first-order valence-corrected chi connectivity index (χ1v) is 7.29. The van der Waals surface area contributed by atoms with Gasteiger partial charge in [-0.3, -0.25) is 0 Å². The fourth-order valence-electron chi connectivity index (χ4n) is 2.42. The molecule has 1 fully saturated rings. The summed E-state index contributed by atoms with van der Waals surface area (Å²) >= 11 is 0. The molecule has 0 radical (unpaired) electrons. The quantitative estimate of drug-likeness (QED) is 0.797. The minimum atomic E-state index is -4.49. The molecule has 1 aromatic carbocycles. The van der Waals surface area contributed by atoms with Gasteiger partial charge in [0.2, 0.25) is 5.84 Å². The summed E-state index contributed by atoms with van der Waals surface area (Å²) in [4.78, 5) is 3.61. The number of nitrogens with zero attached hydrogens (tertiary/aromatic N) is 1.